The standard InChI is InChI=1S/C29H28F3N5O/c1-19-13-20(18-36-9-11-37(12-10-36)24-4-2-3-23(17-24)29(30,31)32)15-22(14-19)25-5-6-26(35-25)27-16-21(28(33)38)7-8-34-27/h2-8,13-17,35H,9-12,18H2,1H3,(H2,33,38). The lowest BCUT2D eigenvalue weighted by Crippen LogP contribution is -2.46. The van der Waals surface area contributed by atoms with E-state index >= 15 is 0 Å². The smallest absolute Gasteiger partial charge is 0.369 e. The number of aromatic amines is 1. The average Bonchev–Trinajstić information content (AvgIpc) is 3.39. The van der Waals surface area contributed by atoms with Crippen LogP contribution < -0.4 is 10.6 Å². The summed E-state index contributed by atoms with van der Waals surface area (Å²) in [6, 6.07) is 19.1. The third kappa shape index (κ3) is 5.73. The van der Waals surface area contributed by atoms with Crippen molar-refractivity contribution in [1.82, 2.24) is 14.9 Å². The first-order valence-corrected chi connectivity index (χ1v) is 12.4. The van der Waals surface area contributed by atoms with Gasteiger partial charge in [0.1, 0.15) is 0 Å². The van der Waals surface area contributed by atoms with Crippen molar-refractivity contribution < 1.29 is 18.0 Å². The number of hydrogen-bond acceptors (Lipinski definition) is 4. The Kier molecular flexibility index (Phi) is 6.94. The first kappa shape index (κ1) is 25.5. The fourth-order valence-electron chi connectivity index (χ4n) is 4.85. The number of carbonyl (C=O) groups is 1. The quantitative estimate of drug-likeness (QED) is 0.353. The summed E-state index contributed by atoms with van der Waals surface area (Å²) in [5.74, 6) is -0.501. The normalized spacial score (nSPS) is 14.6. The van der Waals surface area contributed by atoms with E-state index in [2.05, 4.69) is 40.0 Å². The molecule has 3 heterocycles. The number of amides is 1. The number of carbonyl (C=O) groups excluding carboxylic acids is 1. The zero-order chi connectivity index (χ0) is 26.9. The maximum absolute atomic E-state index is 13.1. The number of primary amides is 1. The molecule has 3 N–H and O–H groups in total. The van der Waals surface area contributed by atoms with E-state index in [9.17, 15) is 18.0 Å². The molecular formula is C29H28F3N5O. The first-order valence-electron chi connectivity index (χ1n) is 12.4. The van der Waals surface area contributed by atoms with Gasteiger partial charge < -0.3 is 15.6 Å². The van der Waals surface area contributed by atoms with Crippen molar-refractivity contribution >= 4 is 11.6 Å². The summed E-state index contributed by atoms with van der Waals surface area (Å²) in [4.78, 5) is 23.6. The molecule has 0 aliphatic carbocycles. The van der Waals surface area contributed by atoms with E-state index in [4.69, 9.17) is 5.73 Å². The summed E-state index contributed by atoms with van der Waals surface area (Å²) in [5.41, 5.74) is 11.5. The maximum Gasteiger partial charge on any atom is 0.416 e. The van der Waals surface area contributed by atoms with Gasteiger partial charge in [-0.3, -0.25) is 14.7 Å². The van der Waals surface area contributed by atoms with Crippen LogP contribution in [0.2, 0.25) is 0 Å². The Morgan fingerprint density at radius 2 is 1.74 bits per heavy atom. The molecular weight excluding hydrogens is 491 g/mol. The van der Waals surface area contributed by atoms with Crippen molar-refractivity contribution in [3.8, 4) is 22.6 Å². The topological polar surface area (TPSA) is 78.2 Å². The number of alkyl halides is 3. The lowest BCUT2D eigenvalue weighted by Gasteiger charge is -2.36. The molecule has 0 bridgehead atoms. The number of halogens is 3. The highest BCUT2D eigenvalue weighted by molar-refractivity contribution is 5.93. The number of nitrogens with zero attached hydrogens (tertiary/aromatic N) is 3. The molecule has 1 aliphatic heterocycles. The zero-order valence-corrected chi connectivity index (χ0v) is 20.9. The van der Waals surface area contributed by atoms with Gasteiger partial charge in [-0.05, 0) is 72.6 Å². The predicted molar refractivity (Wildman–Crippen MR) is 142 cm³/mol. The lowest BCUT2D eigenvalue weighted by atomic mass is 10.0. The molecule has 9 heteroatoms. The van der Waals surface area contributed by atoms with Crippen molar-refractivity contribution in [3.63, 3.8) is 0 Å². The molecule has 1 amide bonds. The number of piperazine rings is 1. The molecule has 0 unspecified atom stereocenters. The Morgan fingerprint density at radius 3 is 2.47 bits per heavy atom. The number of pyridine rings is 1. The van der Waals surface area contributed by atoms with Gasteiger partial charge in [-0.2, -0.15) is 13.2 Å². The van der Waals surface area contributed by atoms with Gasteiger partial charge in [0.2, 0.25) is 5.91 Å². The number of benzene rings is 2. The Bertz CT molecular complexity index is 1450. The van der Waals surface area contributed by atoms with E-state index in [1.807, 2.05) is 17.0 Å². The van der Waals surface area contributed by atoms with E-state index in [-0.39, 0.29) is 0 Å². The summed E-state index contributed by atoms with van der Waals surface area (Å²) < 4.78 is 39.3. The number of nitrogens with one attached hydrogen (secondary N) is 1. The fourth-order valence-corrected chi connectivity index (χ4v) is 4.85. The summed E-state index contributed by atoms with van der Waals surface area (Å²) in [5, 5.41) is 0. The first-order chi connectivity index (χ1) is 18.2. The van der Waals surface area contributed by atoms with Gasteiger partial charge in [-0.1, -0.05) is 17.7 Å². The van der Waals surface area contributed by atoms with Crippen molar-refractivity contribution in [3.05, 3.63) is 95.2 Å². The number of nitrogens with two attached hydrogens (primary N) is 1. The molecule has 2 aromatic heterocycles. The molecule has 38 heavy (non-hydrogen) atoms. The lowest BCUT2D eigenvalue weighted by molar-refractivity contribution is -0.137. The minimum Gasteiger partial charge on any atom is -0.369 e. The molecule has 1 saturated heterocycles. The van der Waals surface area contributed by atoms with Gasteiger partial charge in [-0.25, -0.2) is 0 Å². The van der Waals surface area contributed by atoms with E-state index in [0.29, 0.717) is 30.0 Å². The monoisotopic (exact) mass is 519 g/mol. The Hall–Kier alpha value is -4.11. The minimum absolute atomic E-state index is 0.400. The third-order valence-electron chi connectivity index (χ3n) is 6.77. The predicted octanol–water partition coefficient (Wildman–Crippen LogP) is 5.49. The molecule has 0 atom stereocenters. The number of anilines is 1. The van der Waals surface area contributed by atoms with Crippen LogP contribution in [0.15, 0.2) is 72.9 Å². The number of aryl methyl sites for hydroxylation is 1. The van der Waals surface area contributed by atoms with Crippen molar-refractivity contribution in [1.29, 1.82) is 0 Å². The van der Waals surface area contributed by atoms with Crippen LogP contribution in [-0.4, -0.2) is 47.0 Å². The van der Waals surface area contributed by atoms with Crippen LogP contribution in [0.5, 0.6) is 0 Å². The van der Waals surface area contributed by atoms with Crippen LogP contribution in [0.1, 0.15) is 27.0 Å². The third-order valence-corrected chi connectivity index (χ3v) is 6.77. The number of hydrogen-bond donors (Lipinski definition) is 2. The van der Waals surface area contributed by atoms with E-state index in [1.54, 1.807) is 24.4 Å². The second kappa shape index (κ2) is 10.3. The summed E-state index contributed by atoms with van der Waals surface area (Å²) in [7, 11) is 0. The van der Waals surface area contributed by atoms with Crippen molar-refractivity contribution in [2.24, 2.45) is 5.73 Å². The Labute approximate surface area is 218 Å². The highest BCUT2D eigenvalue weighted by Gasteiger charge is 2.31. The highest BCUT2D eigenvalue weighted by atomic mass is 19.4. The zero-order valence-electron chi connectivity index (χ0n) is 20.9. The minimum atomic E-state index is -4.34. The second-order valence-corrected chi connectivity index (χ2v) is 9.60. The molecule has 0 radical (unpaired) electrons. The van der Waals surface area contributed by atoms with Crippen LogP contribution in [0.4, 0.5) is 18.9 Å². The number of aromatic nitrogens is 2. The van der Waals surface area contributed by atoms with Crippen LogP contribution in [-0.2, 0) is 12.7 Å². The maximum atomic E-state index is 13.1. The molecule has 0 saturated carbocycles. The van der Waals surface area contributed by atoms with Crippen LogP contribution in [0, 0.1) is 6.92 Å². The average molecular weight is 520 g/mol. The molecule has 0 spiro atoms. The molecule has 6 nitrogen and oxygen atoms in total. The Balaban J connectivity index is 1.27. The van der Waals surface area contributed by atoms with Crippen LogP contribution in [0.3, 0.4) is 0 Å². The summed E-state index contributed by atoms with van der Waals surface area (Å²) >= 11 is 0. The van der Waals surface area contributed by atoms with E-state index < -0.39 is 17.6 Å². The summed E-state index contributed by atoms with van der Waals surface area (Å²) in [6.07, 6.45) is -2.78. The van der Waals surface area contributed by atoms with Crippen LogP contribution >= 0.6 is 0 Å². The molecule has 1 fully saturated rings. The van der Waals surface area contributed by atoms with E-state index in [0.717, 1.165) is 53.8 Å². The van der Waals surface area contributed by atoms with Gasteiger partial charge in [0, 0.05) is 55.9 Å². The van der Waals surface area contributed by atoms with Gasteiger partial charge >= 0.3 is 6.18 Å². The van der Waals surface area contributed by atoms with Gasteiger partial charge in [-0.15, -0.1) is 0 Å². The largest absolute Gasteiger partial charge is 0.416 e. The fraction of sp³-hybridized carbons (Fsp3) is 0.241. The molecule has 2 aromatic carbocycles. The van der Waals surface area contributed by atoms with Crippen LogP contribution in [0.25, 0.3) is 22.6 Å². The van der Waals surface area contributed by atoms with Gasteiger partial charge in [0.25, 0.3) is 0 Å². The Morgan fingerprint density at radius 1 is 0.974 bits per heavy atom. The second-order valence-electron chi connectivity index (χ2n) is 9.60. The van der Waals surface area contributed by atoms with Crippen molar-refractivity contribution in [2.75, 3.05) is 31.1 Å². The highest BCUT2D eigenvalue weighted by Crippen LogP contribution is 2.32. The van der Waals surface area contributed by atoms with Gasteiger partial charge in [0.05, 0.1) is 17.0 Å². The van der Waals surface area contributed by atoms with Gasteiger partial charge in [0.15, 0.2) is 0 Å². The molecule has 196 valence electrons. The number of rotatable bonds is 6. The van der Waals surface area contributed by atoms with E-state index in [1.165, 1.54) is 12.1 Å². The van der Waals surface area contributed by atoms with Crippen molar-refractivity contribution in [2.45, 2.75) is 19.6 Å². The molecule has 4 aromatic rings. The molecule has 5 rings (SSSR count). The SMILES string of the molecule is Cc1cc(CN2CCN(c3cccc(C(F)(F)F)c3)CC2)cc(-c2ccc(-c3cc(C(N)=O)ccn3)[nH]2)c1. The summed E-state index contributed by atoms with van der Waals surface area (Å²) in [6.45, 7) is 5.65. The number of H-pyrrole nitrogens is 1. The molecule has 1 aliphatic rings.